The standard InChI is InChI=1S/C25H32N2O5S/c1-4-32-24-15-19(7-12-23(24)31-3)25(28)26-20-8-10-21(11-9-20)33(29,30)27-16(2)22-14-17-5-6-18(22)13-17/h7-12,15-18,22,27H,4-6,13-14H2,1-3H3,(H,26,28)/t16-,17+,18+,22-/m1/s1. The minimum atomic E-state index is -3.62. The molecule has 0 radical (unpaired) electrons. The van der Waals surface area contributed by atoms with Gasteiger partial charge in [0.05, 0.1) is 18.6 Å². The van der Waals surface area contributed by atoms with E-state index in [2.05, 4.69) is 10.0 Å². The average Bonchev–Trinajstić information content (AvgIpc) is 3.43. The van der Waals surface area contributed by atoms with Crippen LogP contribution in [0.15, 0.2) is 47.4 Å². The average molecular weight is 473 g/mol. The molecule has 2 aromatic rings. The molecule has 0 aliphatic heterocycles. The molecule has 2 fully saturated rings. The van der Waals surface area contributed by atoms with E-state index in [0.29, 0.717) is 41.2 Å². The van der Waals surface area contributed by atoms with Crippen molar-refractivity contribution < 1.29 is 22.7 Å². The number of ether oxygens (including phenoxy) is 2. The first-order chi connectivity index (χ1) is 15.8. The Labute approximate surface area is 195 Å². The molecule has 33 heavy (non-hydrogen) atoms. The number of benzene rings is 2. The molecule has 4 atom stereocenters. The van der Waals surface area contributed by atoms with E-state index in [1.165, 1.54) is 31.4 Å². The normalized spacial score (nSPS) is 22.7. The van der Waals surface area contributed by atoms with Gasteiger partial charge in [0.25, 0.3) is 5.91 Å². The summed E-state index contributed by atoms with van der Waals surface area (Å²) in [4.78, 5) is 12.9. The van der Waals surface area contributed by atoms with Crippen molar-refractivity contribution in [1.29, 1.82) is 0 Å². The maximum Gasteiger partial charge on any atom is 0.255 e. The third kappa shape index (κ3) is 5.17. The zero-order valence-corrected chi connectivity index (χ0v) is 20.2. The van der Waals surface area contributed by atoms with Crippen molar-refractivity contribution >= 4 is 21.6 Å². The Kier molecular flexibility index (Phi) is 6.95. The first-order valence-corrected chi connectivity index (χ1v) is 13.0. The van der Waals surface area contributed by atoms with Gasteiger partial charge in [-0.05, 0) is 93.3 Å². The highest BCUT2D eigenvalue weighted by Crippen LogP contribution is 2.49. The molecule has 1 amide bonds. The van der Waals surface area contributed by atoms with E-state index < -0.39 is 10.0 Å². The number of carbonyl (C=O) groups is 1. The Balaban J connectivity index is 1.40. The van der Waals surface area contributed by atoms with Crippen LogP contribution in [0.25, 0.3) is 0 Å². The molecule has 8 heteroatoms. The van der Waals surface area contributed by atoms with Gasteiger partial charge in [0, 0.05) is 17.3 Å². The number of fused-ring (bicyclic) bond motifs is 2. The molecule has 2 bridgehead atoms. The third-order valence-electron chi connectivity index (χ3n) is 6.92. The molecule has 2 aliphatic rings. The summed E-state index contributed by atoms with van der Waals surface area (Å²) >= 11 is 0. The molecule has 0 aromatic heterocycles. The van der Waals surface area contributed by atoms with Crippen LogP contribution in [0.1, 0.15) is 49.9 Å². The van der Waals surface area contributed by atoms with Crippen LogP contribution >= 0.6 is 0 Å². The molecule has 0 unspecified atom stereocenters. The Morgan fingerprint density at radius 3 is 2.45 bits per heavy atom. The van der Waals surface area contributed by atoms with Crippen molar-refractivity contribution in [3.05, 3.63) is 48.0 Å². The van der Waals surface area contributed by atoms with Crippen LogP contribution in [0.2, 0.25) is 0 Å². The van der Waals surface area contributed by atoms with Gasteiger partial charge in [-0.1, -0.05) is 6.42 Å². The number of nitrogens with one attached hydrogen (secondary N) is 2. The van der Waals surface area contributed by atoms with Crippen LogP contribution in [0, 0.1) is 17.8 Å². The third-order valence-corrected chi connectivity index (χ3v) is 8.50. The van der Waals surface area contributed by atoms with Gasteiger partial charge in [0.2, 0.25) is 10.0 Å². The van der Waals surface area contributed by atoms with Gasteiger partial charge in [-0.3, -0.25) is 4.79 Å². The van der Waals surface area contributed by atoms with Crippen LogP contribution in [-0.2, 0) is 10.0 Å². The molecule has 0 heterocycles. The van der Waals surface area contributed by atoms with Gasteiger partial charge in [0.1, 0.15) is 0 Å². The second-order valence-corrected chi connectivity index (χ2v) is 10.7. The summed E-state index contributed by atoms with van der Waals surface area (Å²) in [6.45, 7) is 4.28. The summed E-state index contributed by atoms with van der Waals surface area (Å²) in [5.41, 5.74) is 0.922. The summed E-state index contributed by atoms with van der Waals surface area (Å²) in [6.07, 6.45) is 4.87. The molecule has 178 valence electrons. The van der Waals surface area contributed by atoms with Crippen molar-refractivity contribution in [2.24, 2.45) is 17.8 Å². The number of carbonyl (C=O) groups excluding carboxylic acids is 1. The van der Waals surface area contributed by atoms with E-state index in [9.17, 15) is 13.2 Å². The summed E-state index contributed by atoms with van der Waals surface area (Å²) in [6, 6.07) is 11.1. The summed E-state index contributed by atoms with van der Waals surface area (Å²) in [5.74, 6) is 2.55. The van der Waals surface area contributed by atoms with Gasteiger partial charge >= 0.3 is 0 Å². The van der Waals surface area contributed by atoms with Crippen LogP contribution in [0.4, 0.5) is 5.69 Å². The van der Waals surface area contributed by atoms with Gasteiger partial charge in [-0.2, -0.15) is 0 Å². The maximum atomic E-state index is 12.9. The highest BCUT2D eigenvalue weighted by atomic mass is 32.2. The number of hydrogen-bond donors (Lipinski definition) is 2. The second-order valence-electron chi connectivity index (χ2n) is 9.03. The zero-order valence-electron chi connectivity index (χ0n) is 19.3. The first-order valence-electron chi connectivity index (χ1n) is 11.5. The molecule has 4 rings (SSSR count). The Bertz CT molecular complexity index is 1100. The van der Waals surface area contributed by atoms with Crippen LogP contribution in [-0.4, -0.2) is 34.1 Å². The fraction of sp³-hybridized carbons (Fsp3) is 0.480. The van der Waals surface area contributed by atoms with E-state index in [4.69, 9.17) is 9.47 Å². The largest absolute Gasteiger partial charge is 0.493 e. The van der Waals surface area contributed by atoms with E-state index in [-0.39, 0.29) is 16.8 Å². The predicted octanol–water partition coefficient (Wildman–Crippen LogP) is 4.45. The number of amides is 1. The lowest BCUT2D eigenvalue weighted by Gasteiger charge is -2.28. The second kappa shape index (κ2) is 9.73. The van der Waals surface area contributed by atoms with E-state index in [0.717, 1.165) is 12.3 Å². The molecule has 7 nitrogen and oxygen atoms in total. The fourth-order valence-corrected chi connectivity index (χ4v) is 6.61. The molecule has 2 aromatic carbocycles. The number of rotatable bonds is 9. The molecule has 0 spiro atoms. The number of anilines is 1. The Hall–Kier alpha value is -2.58. The topological polar surface area (TPSA) is 93.7 Å². The van der Waals surface area contributed by atoms with Crippen molar-refractivity contribution in [1.82, 2.24) is 4.72 Å². The van der Waals surface area contributed by atoms with Gasteiger partial charge in [-0.15, -0.1) is 0 Å². The highest BCUT2D eigenvalue weighted by Gasteiger charge is 2.42. The number of sulfonamides is 1. The van der Waals surface area contributed by atoms with Crippen LogP contribution < -0.4 is 19.5 Å². The van der Waals surface area contributed by atoms with E-state index in [1.807, 2.05) is 13.8 Å². The van der Waals surface area contributed by atoms with E-state index >= 15 is 0 Å². The summed E-state index contributed by atoms with van der Waals surface area (Å²) in [7, 11) is -2.08. The summed E-state index contributed by atoms with van der Waals surface area (Å²) in [5, 5.41) is 2.80. The lowest BCUT2D eigenvalue weighted by Crippen LogP contribution is -2.40. The highest BCUT2D eigenvalue weighted by molar-refractivity contribution is 7.89. The van der Waals surface area contributed by atoms with Crippen LogP contribution in [0.5, 0.6) is 11.5 Å². The lowest BCUT2D eigenvalue weighted by molar-refractivity contribution is 0.102. The van der Waals surface area contributed by atoms with E-state index in [1.54, 1.807) is 37.4 Å². The molecular weight excluding hydrogens is 440 g/mol. The molecule has 2 N–H and O–H groups in total. The Morgan fingerprint density at radius 1 is 1.09 bits per heavy atom. The predicted molar refractivity (Wildman–Crippen MR) is 127 cm³/mol. The number of methoxy groups -OCH3 is 1. The van der Waals surface area contributed by atoms with Crippen molar-refractivity contribution in [3.63, 3.8) is 0 Å². The minimum Gasteiger partial charge on any atom is -0.493 e. The molecule has 2 saturated carbocycles. The van der Waals surface area contributed by atoms with Gasteiger partial charge < -0.3 is 14.8 Å². The lowest BCUT2D eigenvalue weighted by atomic mass is 9.84. The monoisotopic (exact) mass is 472 g/mol. The SMILES string of the molecule is CCOc1cc(C(=O)Nc2ccc(S(=O)(=O)N[C@H](C)[C@H]3C[C@H]4CC[C@H]3C4)cc2)ccc1OC. The zero-order chi connectivity index (χ0) is 23.6. The van der Waals surface area contributed by atoms with Crippen molar-refractivity contribution in [2.75, 3.05) is 19.0 Å². The smallest absolute Gasteiger partial charge is 0.255 e. The maximum absolute atomic E-state index is 12.9. The molecule has 2 aliphatic carbocycles. The molecule has 0 saturated heterocycles. The van der Waals surface area contributed by atoms with Gasteiger partial charge in [-0.25, -0.2) is 13.1 Å². The number of hydrogen-bond acceptors (Lipinski definition) is 5. The quantitative estimate of drug-likeness (QED) is 0.562. The van der Waals surface area contributed by atoms with Crippen molar-refractivity contribution in [2.45, 2.75) is 50.5 Å². The first kappa shape index (κ1) is 23.6. The fourth-order valence-electron chi connectivity index (χ4n) is 5.31. The van der Waals surface area contributed by atoms with Gasteiger partial charge in [0.15, 0.2) is 11.5 Å². The minimum absolute atomic E-state index is 0.0840. The van der Waals surface area contributed by atoms with Crippen molar-refractivity contribution in [3.8, 4) is 11.5 Å². The Morgan fingerprint density at radius 2 is 1.85 bits per heavy atom. The van der Waals surface area contributed by atoms with Crippen LogP contribution in [0.3, 0.4) is 0 Å². The molecular formula is C25H32N2O5S. The summed E-state index contributed by atoms with van der Waals surface area (Å²) < 4.78 is 39.4.